The average molecular weight is 263 g/mol. The van der Waals surface area contributed by atoms with Gasteiger partial charge in [-0.05, 0) is 18.8 Å². The summed E-state index contributed by atoms with van der Waals surface area (Å²) in [7, 11) is 0. The van der Waals surface area contributed by atoms with Crippen LogP contribution in [-0.4, -0.2) is 22.4 Å². The Labute approximate surface area is 111 Å². The molecular formula is C14H18FN3O. The van der Waals surface area contributed by atoms with Gasteiger partial charge in [-0.25, -0.2) is 14.4 Å². The van der Waals surface area contributed by atoms with Crippen molar-refractivity contribution in [3.8, 4) is 0 Å². The maximum absolute atomic E-state index is 13.1. The zero-order valence-corrected chi connectivity index (χ0v) is 11.1. The van der Waals surface area contributed by atoms with Crippen LogP contribution in [0.1, 0.15) is 60.3 Å². The van der Waals surface area contributed by atoms with Crippen molar-refractivity contribution in [1.82, 2.24) is 9.97 Å². The van der Waals surface area contributed by atoms with Crippen LogP contribution < -0.4 is 5.73 Å². The quantitative estimate of drug-likeness (QED) is 0.672. The molecule has 19 heavy (non-hydrogen) atoms. The SMILES string of the molecule is CC(C)c1nc(N)nc(C2C=CC(F)CC2)c1C=O. The Balaban J connectivity index is 2.50. The number of hydrogen-bond donors (Lipinski definition) is 1. The van der Waals surface area contributed by atoms with Crippen LogP contribution in [0.15, 0.2) is 12.2 Å². The molecule has 1 aromatic rings. The van der Waals surface area contributed by atoms with Crippen LogP contribution in [0.4, 0.5) is 10.3 Å². The third-order valence-electron chi connectivity index (χ3n) is 3.34. The molecule has 2 atom stereocenters. The molecule has 0 saturated heterocycles. The number of rotatable bonds is 3. The predicted molar refractivity (Wildman–Crippen MR) is 71.9 cm³/mol. The van der Waals surface area contributed by atoms with E-state index >= 15 is 0 Å². The molecule has 1 aromatic heterocycles. The summed E-state index contributed by atoms with van der Waals surface area (Å²) in [5.41, 5.74) is 7.50. The maximum atomic E-state index is 13.1. The van der Waals surface area contributed by atoms with Crippen molar-refractivity contribution >= 4 is 12.2 Å². The highest BCUT2D eigenvalue weighted by Gasteiger charge is 2.24. The maximum Gasteiger partial charge on any atom is 0.220 e. The Morgan fingerprint density at radius 3 is 2.63 bits per heavy atom. The molecule has 5 heteroatoms. The second-order valence-electron chi connectivity index (χ2n) is 5.12. The van der Waals surface area contributed by atoms with Crippen LogP contribution in [0, 0.1) is 0 Å². The van der Waals surface area contributed by atoms with Crippen molar-refractivity contribution in [2.24, 2.45) is 0 Å². The Morgan fingerprint density at radius 1 is 1.37 bits per heavy atom. The number of aldehydes is 1. The predicted octanol–water partition coefficient (Wildman–Crippen LogP) is 2.77. The normalized spacial score (nSPS) is 22.7. The Hall–Kier alpha value is -1.78. The minimum atomic E-state index is -0.903. The molecule has 0 aromatic carbocycles. The number of carbonyl (C=O) groups excluding carboxylic acids is 1. The van der Waals surface area contributed by atoms with E-state index in [4.69, 9.17) is 5.73 Å². The van der Waals surface area contributed by atoms with Gasteiger partial charge in [-0.2, -0.15) is 0 Å². The molecule has 4 nitrogen and oxygen atoms in total. The van der Waals surface area contributed by atoms with Crippen LogP contribution in [0.3, 0.4) is 0 Å². The average Bonchev–Trinajstić information content (AvgIpc) is 2.38. The summed E-state index contributed by atoms with van der Waals surface area (Å²) in [5, 5.41) is 0. The van der Waals surface area contributed by atoms with Crippen LogP contribution in [-0.2, 0) is 0 Å². The molecule has 0 amide bonds. The molecule has 0 bridgehead atoms. The Morgan fingerprint density at radius 2 is 2.11 bits per heavy atom. The van der Waals surface area contributed by atoms with Gasteiger partial charge in [0.15, 0.2) is 6.29 Å². The molecule has 2 rings (SSSR count). The number of aromatic nitrogens is 2. The third-order valence-corrected chi connectivity index (χ3v) is 3.34. The topological polar surface area (TPSA) is 68.9 Å². The minimum absolute atomic E-state index is 0.0602. The molecule has 2 unspecified atom stereocenters. The Kier molecular flexibility index (Phi) is 3.93. The highest BCUT2D eigenvalue weighted by molar-refractivity contribution is 5.79. The number of nitrogen functional groups attached to an aromatic ring is 1. The lowest BCUT2D eigenvalue weighted by molar-refractivity contribution is 0.112. The largest absolute Gasteiger partial charge is 0.368 e. The van der Waals surface area contributed by atoms with E-state index in [1.165, 1.54) is 6.08 Å². The third kappa shape index (κ3) is 2.80. The van der Waals surface area contributed by atoms with Gasteiger partial charge in [0, 0.05) is 5.92 Å². The number of carbonyl (C=O) groups is 1. The standard InChI is InChI=1S/C14H18FN3O/c1-8(2)12-11(7-19)13(18-14(16)17-12)9-3-5-10(15)6-4-9/h3,5,7-10H,4,6H2,1-2H3,(H2,16,17,18). The summed E-state index contributed by atoms with van der Waals surface area (Å²) in [6, 6.07) is 0. The van der Waals surface area contributed by atoms with Gasteiger partial charge in [-0.1, -0.05) is 26.0 Å². The molecule has 0 radical (unpaired) electrons. The fraction of sp³-hybridized carbons (Fsp3) is 0.500. The zero-order chi connectivity index (χ0) is 14.0. The zero-order valence-electron chi connectivity index (χ0n) is 11.1. The van der Waals surface area contributed by atoms with Gasteiger partial charge < -0.3 is 5.73 Å². The number of nitrogens with zero attached hydrogens (tertiary/aromatic N) is 2. The summed E-state index contributed by atoms with van der Waals surface area (Å²) in [4.78, 5) is 19.7. The van der Waals surface area contributed by atoms with Gasteiger partial charge in [0.2, 0.25) is 5.95 Å². The highest BCUT2D eigenvalue weighted by atomic mass is 19.1. The van der Waals surface area contributed by atoms with Gasteiger partial charge in [-0.15, -0.1) is 0 Å². The van der Waals surface area contributed by atoms with Gasteiger partial charge in [0.05, 0.1) is 17.0 Å². The first kappa shape index (κ1) is 13.6. The molecule has 102 valence electrons. The van der Waals surface area contributed by atoms with E-state index < -0.39 is 6.17 Å². The van der Waals surface area contributed by atoms with Crippen molar-refractivity contribution in [2.45, 2.75) is 44.7 Å². The summed E-state index contributed by atoms with van der Waals surface area (Å²) in [5.74, 6) is 0.195. The fourth-order valence-corrected chi connectivity index (χ4v) is 2.38. The molecule has 0 fully saturated rings. The van der Waals surface area contributed by atoms with E-state index in [1.54, 1.807) is 6.08 Å². The smallest absolute Gasteiger partial charge is 0.220 e. The van der Waals surface area contributed by atoms with E-state index in [0.29, 0.717) is 29.8 Å². The lowest BCUT2D eigenvalue weighted by Crippen LogP contribution is -2.15. The molecular weight excluding hydrogens is 245 g/mol. The first-order valence-corrected chi connectivity index (χ1v) is 6.47. The summed E-state index contributed by atoms with van der Waals surface area (Å²) < 4.78 is 13.1. The van der Waals surface area contributed by atoms with E-state index in [0.717, 1.165) is 6.29 Å². The highest BCUT2D eigenvalue weighted by Crippen LogP contribution is 2.32. The Bertz CT molecular complexity index is 514. The van der Waals surface area contributed by atoms with Gasteiger partial charge >= 0.3 is 0 Å². The van der Waals surface area contributed by atoms with Gasteiger partial charge in [-0.3, -0.25) is 4.79 Å². The molecule has 1 aliphatic rings. The van der Waals surface area contributed by atoms with Crippen molar-refractivity contribution in [3.05, 3.63) is 29.1 Å². The number of alkyl halides is 1. The van der Waals surface area contributed by atoms with Crippen LogP contribution in [0.25, 0.3) is 0 Å². The number of allylic oxidation sites excluding steroid dienone is 2. The molecule has 2 N–H and O–H groups in total. The summed E-state index contributed by atoms with van der Waals surface area (Å²) in [6.07, 6.45) is 4.25. The first-order chi connectivity index (χ1) is 9.02. The van der Waals surface area contributed by atoms with Crippen molar-refractivity contribution < 1.29 is 9.18 Å². The van der Waals surface area contributed by atoms with Gasteiger partial charge in [0.1, 0.15) is 6.17 Å². The van der Waals surface area contributed by atoms with E-state index in [1.807, 2.05) is 13.8 Å². The second kappa shape index (κ2) is 5.47. The summed E-state index contributed by atoms with van der Waals surface area (Å²) >= 11 is 0. The number of hydrogen-bond acceptors (Lipinski definition) is 4. The van der Waals surface area contributed by atoms with Crippen LogP contribution in [0.2, 0.25) is 0 Å². The molecule has 1 aliphatic carbocycles. The van der Waals surface area contributed by atoms with E-state index in [2.05, 4.69) is 9.97 Å². The lowest BCUT2D eigenvalue weighted by atomic mass is 9.88. The van der Waals surface area contributed by atoms with E-state index in [9.17, 15) is 9.18 Å². The minimum Gasteiger partial charge on any atom is -0.368 e. The molecule has 0 spiro atoms. The molecule has 0 saturated carbocycles. The van der Waals surface area contributed by atoms with Crippen molar-refractivity contribution in [2.75, 3.05) is 5.73 Å². The first-order valence-electron chi connectivity index (χ1n) is 6.47. The number of halogens is 1. The van der Waals surface area contributed by atoms with E-state index in [-0.39, 0.29) is 17.8 Å². The lowest BCUT2D eigenvalue weighted by Gasteiger charge is -2.21. The molecule has 1 heterocycles. The number of anilines is 1. The van der Waals surface area contributed by atoms with Gasteiger partial charge in [0.25, 0.3) is 0 Å². The summed E-state index contributed by atoms with van der Waals surface area (Å²) in [6.45, 7) is 3.90. The molecule has 0 aliphatic heterocycles. The fourth-order valence-electron chi connectivity index (χ4n) is 2.38. The van der Waals surface area contributed by atoms with Crippen molar-refractivity contribution in [1.29, 1.82) is 0 Å². The van der Waals surface area contributed by atoms with Crippen LogP contribution in [0.5, 0.6) is 0 Å². The monoisotopic (exact) mass is 263 g/mol. The van der Waals surface area contributed by atoms with Crippen molar-refractivity contribution in [3.63, 3.8) is 0 Å². The second-order valence-corrected chi connectivity index (χ2v) is 5.12. The number of nitrogens with two attached hydrogens (primary N) is 1. The van der Waals surface area contributed by atoms with Crippen LogP contribution >= 0.6 is 0 Å².